The molecule has 5 heteroatoms. The van der Waals surface area contributed by atoms with Crippen LogP contribution in [0.5, 0.6) is 17.2 Å². The van der Waals surface area contributed by atoms with Crippen LogP contribution in [-0.2, 0) is 17.8 Å². The zero-order valence-corrected chi connectivity index (χ0v) is 14.6. The number of amides is 1. The van der Waals surface area contributed by atoms with Crippen molar-refractivity contribution in [2.75, 3.05) is 20.8 Å². The van der Waals surface area contributed by atoms with E-state index in [9.17, 15) is 4.79 Å². The van der Waals surface area contributed by atoms with Gasteiger partial charge in [0, 0.05) is 6.54 Å². The van der Waals surface area contributed by atoms with E-state index >= 15 is 0 Å². The van der Waals surface area contributed by atoms with Gasteiger partial charge in [-0.2, -0.15) is 0 Å². The second kappa shape index (κ2) is 9.37. The molecule has 0 aliphatic carbocycles. The van der Waals surface area contributed by atoms with Crippen molar-refractivity contribution >= 4 is 5.91 Å². The number of carbonyl (C=O) groups is 1. The molecule has 2 rings (SSSR count). The standard InChI is InChI=1S/C20H23NO4/c1-4-6-15-9-10-18(19(12-15)24-3)25-14-20(22)21-13-16-7-5-8-17(11-16)23-2/h4-5,7-12H,1,6,13-14H2,2-3H3,(H,21,22). The Labute approximate surface area is 148 Å². The van der Waals surface area contributed by atoms with Crippen LogP contribution in [0.3, 0.4) is 0 Å². The minimum Gasteiger partial charge on any atom is -0.497 e. The third kappa shape index (κ3) is 5.57. The normalized spacial score (nSPS) is 10.0. The van der Waals surface area contributed by atoms with Crippen molar-refractivity contribution in [1.82, 2.24) is 5.32 Å². The molecule has 0 aromatic heterocycles. The number of ether oxygens (including phenoxy) is 3. The van der Waals surface area contributed by atoms with Crippen LogP contribution in [0.25, 0.3) is 0 Å². The van der Waals surface area contributed by atoms with E-state index in [4.69, 9.17) is 14.2 Å². The number of methoxy groups -OCH3 is 2. The summed E-state index contributed by atoms with van der Waals surface area (Å²) in [5, 5.41) is 2.82. The maximum Gasteiger partial charge on any atom is 0.258 e. The van der Waals surface area contributed by atoms with Gasteiger partial charge in [-0.25, -0.2) is 0 Å². The van der Waals surface area contributed by atoms with Crippen molar-refractivity contribution in [3.63, 3.8) is 0 Å². The topological polar surface area (TPSA) is 56.8 Å². The lowest BCUT2D eigenvalue weighted by Crippen LogP contribution is -2.28. The van der Waals surface area contributed by atoms with Gasteiger partial charge in [0.2, 0.25) is 0 Å². The summed E-state index contributed by atoms with van der Waals surface area (Å²) in [4.78, 5) is 12.0. The molecule has 0 atom stereocenters. The van der Waals surface area contributed by atoms with Crippen molar-refractivity contribution in [2.45, 2.75) is 13.0 Å². The van der Waals surface area contributed by atoms with Crippen molar-refractivity contribution in [1.29, 1.82) is 0 Å². The van der Waals surface area contributed by atoms with Crippen LogP contribution >= 0.6 is 0 Å². The zero-order valence-electron chi connectivity index (χ0n) is 14.6. The molecular weight excluding hydrogens is 318 g/mol. The SMILES string of the molecule is C=CCc1ccc(OCC(=O)NCc2cccc(OC)c2)c(OC)c1. The molecule has 0 unspecified atom stereocenters. The third-order valence-corrected chi connectivity index (χ3v) is 3.59. The average Bonchev–Trinajstić information content (AvgIpc) is 2.65. The van der Waals surface area contributed by atoms with Gasteiger partial charge in [-0.3, -0.25) is 4.79 Å². The van der Waals surface area contributed by atoms with E-state index in [2.05, 4.69) is 11.9 Å². The Morgan fingerprint density at radius 3 is 2.64 bits per heavy atom. The van der Waals surface area contributed by atoms with Crippen molar-refractivity contribution < 1.29 is 19.0 Å². The average molecular weight is 341 g/mol. The molecule has 1 N–H and O–H groups in total. The summed E-state index contributed by atoms with van der Waals surface area (Å²) in [5.41, 5.74) is 2.03. The first-order chi connectivity index (χ1) is 12.2. The number of benzene rings is 2. The lowest BCUT2D eigenvalue weighted by Gasteiger charge is -2.12. The van der Waals surface area contributed by atoms with E-state index < -0.39 is 0 Å². The predicted molar refractivity (Wildman–Crippen MR) is 97.2 cm³/mol. The molecule has 0 radical (unpaired) electrons. The molecule has 5 nitrogen and oxygen atoms in total. The van der Waals surface area contributed by atoms with Gasteiger partial charge in [0.05, 0.1) is 14.2 Å². The highest BCUT2D eigenvalue weighted by Gasteiger charge is 2.08. The molecule has 0 saturated carbocycles. The molecule has 0 spiro atoms. The number of allylic oxidation sites excluding steroid dienone is 1. The quantitative estimate of drug-likeness (QED) is 0.712. The molecule has 2 aromatic carbocycles. The van der Waals surface area contributed by atoms with Gasteiger partial charge in [0.15, 0.2) is 18.1 Å². The van der Waals surface area contributed by atoms with Crippen LogP contribution in [0, 0.1) is 0 Å². The highest BCUT2D eigenvalue weighted by atomic mass is 16.5. The highest BCUT2D eigenvalue weighted by molar-refractivity contribution is 5.77. The first kappa shape index (κ1) is 18.4. The second-order valence-corrected chi connectivity index (χ2v) is 5.39. The number of rotatable bonds is 9. The fourth-order valence-electron chi connectivity index (χ4n) is 2.30. The minimum atomic E-state index is -0.208. The molecule has 132 valence electrons. The van der Waals surface area contributed by atoms with Crippen LogP contribution in [0.2, 0.25) is 0 Å². The van der Waals surface area contributed by atoms with E-state index in [-0.39, 0.29) is 12.5 Å². The Morgan fingerprint density at radius 2 is 1.92 bits per heavy atom. The Kier molecular flexibility index (Phi) is 6.89. The Balaban J connectivity index is 1.88. The van der Waals surface area contributed by atoms with Gasteiger partial charge in [-0.15, -0.1) is 6.58 Å². The Bertz CT molecular complexity index is 727. The molecule has 0 heterocycles. The van der Waals surface area contributed by atoms with E-state index in [0.717, 1.165) is 23.3 Å². The van der Waals surface area contributed by atoms with Crippen LogP contribution in [0.15, 0.2) is 55.1 Å². The number of hydrogen-bond acceptors (Lipinski definition) is 4. The number of carbonyl (C=O) groups excluding carboxylic acids is 1. The van der Waals surface area contributed by atoms with Gasteiger partial charge in [-0.05, 0) is 41.8 Å². The fraction of sp³-hybridized carbons (Fsp3) is 0.250. The molecule has 2 aromatic rings. The minimum absolute atomic E-state index is 0.0822. The summed E-state index contributed by atoms with van der Waals surface area (Å²) < 4.78 is 16.0. The van der Waals surface area contributed by atoms with Crippen LogP contribution in [0.1, 0.15) is 11.1 Å². The largest absolute Gasteiger partial charge is 0.497 e. The highest BCUT2D eigenvalue weighted by Crippen LogP contribution is 2.28. The first-order valence-electron chi connectivity index (χ1n) is 7.96. The molecule has 25 heavy (non-hydrogen) atoms. The monoisotopic (exact) mass is 341 g/mol. The third-order valence-electron chi connectivity index (χ3n) is 3.59. The summed E-state index contributed by atoms with van der Waals surface area (Å²) in [5.74, 6) is 1.68. The maximum atomic E-state index is 12.0. The van der Waals surface area contributed by atoms with Crippen LogP contribution in [-0.4, -0.2) is 26.7 Å². The number of nitrogens with one attached hydrogen (secondary N) is 1. The molecule has 0 saturated heterocycles. The van der Waals surface area contributed by atoms with Crippen LogP contribution in [0.4, 0.5) is 0 Å². The lowest BCUT2D eigenvalue weighted by atomic mass is 10.1. The summed E-state index contributed by atoms with van der Waals surface area (Å²) in [7, 11) is 3.18. The second-order valence-electron chi connectivity index (χ2n) is 5.39. The smallest absolute Gasteiger partial charge is 0.258 e. The fourth-order valence-corrected chi connectivity index (χ4v) is 2.30. The molecule has 0 bridgehead atoms. The van der Waals surface area contributed by atoms with Gasteiger partial charge >= 0.3 is 0 Å². The lowest BCUT2D eigenvalue weighted by molar-refractivity contribution is -0.123. The van der Waals surface area contributed by atoms with Crippen LogP contribution < -0.4 is 19.5 Å². The summed E-state index contributed by atoms with van der Waals surface area (Å²) in [6.07, 6.45) is 2.57. The van der Waals surface area contributed by atoms with Gasteiger partial charge < -0.3 is 19.5 Å². The Morgan fingerprint density at radius 1 is 1.08 bits per heavy atom. The molecular formula is C20H23NO4. The van der Waals surface area contributed by atoms with E-state index in [1.165, 1.54) is 0 Å². The van der Waals surface area contributed by atoms with Crippen molar-refractivity contribution in [3.05, 3.63) is 66.2 Å². The molecule has 0 aliphatic heterocycles. The molecule has 0 fully saturated rings. The van der Waals surface area contributed by atoms with Gasteiger partial charge in [0.1, 0.15) is 5.75 Å². The van der Waals surface area contributed by atoms with E-state index in [1.807, 2.05) is 42.5 Å². The molecule has 0 aliphatic rings. The Hall–Kier alpha value is -2.95. The summed E-state index contributed by atoms with van der Waals surface area (Å²) in [6.45, 7) is 4.05. The van der Waals surface area contributed by atoms with E-state index in [0.29, 0.717) is 18.0 Å². The maximum absolute atomic E-state index is 12.0. The molecule has 1 amide bonds. The zero-order chi connectivity index (χ0) is 18.1. The van der Waals surface area contributed by atoms with Crippen molar-refractivity contribution in [2.24, 2.45) is 0 Å². The number of hydrogen-bond donors (Lipinski definition) is 1. The van der Waals surface area contributed by atoms with E-state index in [1.54, 1.807) is 20.3 Å². The summed E-state index contributed by atoms with van der Waals surface area (Å²) in [6, 6.07) is 13.1. The van der Waals surface area contributed by atoms with Gasteiger partial charge in [0.25, 0.3) is 5.91 Å². The van der Waals surface area contributed by atoms with Crippen molar-refractivity contribution in [3.8, 4) is 17.2 Å². The first-order valence-corrected chi connectivity index (χ1v) is 7.96. The summed E-state index contributed by atoms with van der Waals surface area (Å²) >= 11 is 0. The predicted octanol–water partition coefficient (Wildman–Crippen LogP) is 3.13. The van der Waals surface area contributed by atoms with Gasteiger partial charge in [-0.1, -0.05) is 24.3 Å².